The first-order chi connectivity index (χ1) is 11.8. The third kappa shape index (κ3) is 4.87. The van der Waals surface area contributed by atoms with E-state index in [-0.39, 0.29) is 35.2 Å². The molecule has 0 aromatic heterocycles. The van der Waals surface area contributed by atoms with Crippen LogP contribution in [0.2, 0.25) is 0 Å². The number of rotatable bonds is 5. The molecule has 2 amide bonds. The monoisotopic (exact) mass is 376 g/mol. The Morgan fingerprint density at radius 2 is 1.96 bits per heavy atom. The number of halogens is 4. The number of alkyl halides is 3. The summed E-state index contributed by atoms with van der Waals surface area (Å²) in [6.07, 6.45) is -1.54. The summed E-state index contributed by atoms with van der Waals surface area (Å²) in [6, 6.07) is 2.98. The number of carbonyl (C=O) groups excluding carboxylic acids is 2. The number of amides is 2. The van der Waals surface area contributed by atoms with Gasteiger partial charge in [0.25, 0.3) is 12.3 Å². The van der Waals surface area contributed by atoms with Crippen molar-refractivity contribution in [2.75, 3.05) is 19.0 Å². The Morgan fingerprint density at radius 3 is 2.48 bits per heavy atom. The van der Waals surface area contributed by atoms with Gasteiger partial charge in [-0.2, -0.15) is 0 Å². The fourth-order valence-corrected chi connectivity index (χ4v) is 3.11. The molecule has 1 N–H and O–H groups in total. The predicted molar refractivity (Wildman–Crippen MR) is 88.3 cm³/mol. The van der Waals surface area contributed by atoms with Crippen molar-refractivity contribution in [3.8, 4) is 0 Å². The molecule has 4 nitrogen and oxygen atoms in total. The second kappa shape index (κ2) is 8.56. The fourth-order valence-electron chi connectivity index (χ4n) is 3.03. The summed E-state index contributed by atoms with van der Waals surface area (Å²) in [6.45, 7) is 2.82. The highest BCUT2D eigenvalue weighted by Crippen LogP contribution is 2.25. The summed E-state index contributed by atoms with van der Waals surface area (Å²) in [5.41, 5.74) is -0.650. The summed E-state index contributed by atoms with van der Waals surface area (Å²) < 4.78 is 38.8. The van der Waals surface area contributed by atoms with Crippen LogP contribution in [0.3, 0.4) is 0 Å². The number of likely N-dealkylation sites (tertiary alicyclic amines) is 1. The molecule has 0 bridgehead atoms. The maximum atomic E-state index is 13.6. The number of hydrogen-bond acceptors (Lipinski definition) is 2. The van der Waals surface area contributed by atoms with Crippen LogP contribution >= 0.6 is 11.6 Å². The van der Waals surface area contributed by atoms with Crippen molar-refractivity contribution in [3.05, 3.63) is 35.1 Å². The van der Waals surface area contributed by atoms with Crippen LogP contribution in [0.5, 0.6) is 0 Å². The molecule has 1 atom stereocenters. The second-order valence-corrected chi connectivity index (χ2v) is 6.42. The Balaban J connectivity index is 1.95. The highest BCUT2D eigenvalue weighted by molar-refractivity contribution is 6.27. The lowest BCUT2D eigenvalue weighted by molar-refractivity contribution is -0.119. The second-order valence-electron chi connectivity index (χ2n) is 6.16. The Labute approximate surface area is 149 Å². The van der Waals surface area contributed by atoms with Gasteiger partial charge in [0.1, 0.15) is 11.7 Å². The summed E-state index contributed by atoms with van der Waals surface area (Å²) in [5.74, 6) is -1.57. The molecule has 25 heavy (non-hydrogen) atoms. The van der Waals surface area contributed by atoms with Gasteiger partial charge in [0, 0.05) is 24.7 Å². The highest BCUT2D eigenvalue weighted by Gasteiger charge is 2.28. The number of piperidine rings is 1. The lowest BCUT2D eigenvalue weighted by Crippen LogP contribution is -2.45. The molecular formula is C17H20ClF3N2O2. The first kappa shape index (κ1) is 19.6. The summed E-state index contributed by atoms with van der Waals surface area (Å²) in [5, 5.41) is 2.80. The van der Waals surface area contributed by atoms with Crippen molar-refractivity contribution >= 4 is 23.4 Å². The quantitative estimate of drug-likeness (QED) is 0.801. The maximum absolute atomic E-state index is 13.6. The predicted octanol–water partition coefficient (Wildman–Crippen LogP) is 3.36. The van der Waals surface area contributed by atoms with Gasteiger partial charge in [-0.25, -0.2) is 13.2 Å². The third-order valence-electron chi connectivity index (χ3n) is 4.53. The third-order valence-corrected chi connectivity index (χ3v) is 4.77. The van der Waals surface area contributed by atoms with Crippen LogP contribution in [0.1, 0.15) is 42.1 Å². The lowest BCUT2D eigenvalue weighted by atomic mass is 9.90. The maximum Gasteiger partial charge on any atom is 0.266 e. The van der Waals surface area contributed by atoms with E-state index < -0.39 is 17.8 Å². The zero-order valence-corrected chi connectivity index (χ0v) is 14.5. The molecular weight excluding hydrogens is 357 g/mol. The fraction of sp³-hybridized carbons (Fsp3) is 0.529. The highest BCUT2D eigenvalue weighted by atomic mass is 35.5. The molecule has 1 saturated heterocycles. The van der Waals surface area contributed by atoms with Crippen LogP contribution in [0.15, 0.2) is 18.2 Å². The smallest absolute Gasteiger partial charge is 0.266 e. The van der Waals surface area contributed by atoms with Crippen LogP contribution in [0.4, 0.5) is 13.2 Å². The molecule has 0 saturated carbocycles. The van der Waals surface area contributed by atoms with Crippen LogP contribution in [-0.4, -0.2) is 41.7 Å². The van der Waals surface area contributed by atoms with Gasteiger partial charge in [-0.3, -0.25) is 9.59 Å². The van der Waals surface area contributed by atoms with Crippen molar-refractivity contribution in [1.82, 2.24) is 10.2 Å². The SMILES string of the molecule is CC(NC(=O)CCl)C1CCN(C(=O)c2ccc(C(F)F)c(F)c2)CC1. The zero-order valence-electron chi connectivity index (χ0n) is 13.8. The minimum Gasteiger partial charge on any atom is -0.352 e. The van der Waals surface area contributed by atoms with Gasteiger partial charge in [-0.1, -0.05) is 0 Å². The average Bonchev–Trinajstić information content (AvgIpc) is 2.60. The van der Waals surface area contributed by atoms with Gasteiger partial charge < -0.3 is 10.2 Å². The van der Waals surface area contributed by atoms with E-state index in [1.54, 1.807) is 4.90 Å². The number of nitrogens with one attached hydrogen (secondary N) is 1. The summed E-state index contributed by atoms with van der Waals surface area (Å²) in [7, 11) is 0. The molecule has 8 heteroatoms. The number of hydrogen-bond donors (Lipinski definition) is 1. The first-order valence-electron chi connectivity index (χ1n) is 8.05. The van der Waals surface area contributed by atoms with E-state index in [4.69, 9.17) is 11.6 Å². The molecule has 1 unspecified atom stereocenters. The van der Waals surface area contributed by atoms with Crippen molar-refractivity contribution < 1.29 is 22.8 Å². The minimum atomic E-state index is -2.91. The van der Waals surface area contributed by atoms with Crippen LogP contribution in [0, 0.1) is 11.7 Å². The Hall–Kier alpha value is -1.76. The molecule has 1 heterocycles. The topological polar surface area (TPSA) is 49.4 Å². The molecule has 1 aliphatic rings. The van der Waals surface area contributed by atoms with E-state index >= 15 is 0 Å². The van der Waals surface area contributed by atoms with E-state index in [2.05, 4.69) is 5.32 Å². The summed E-state index contributed by atoms with van der Waals surface area (Å²) >= 11 is 5.47. The standard InChI is InChI=1S/C17H20ClF3N2O2/c1-10(22-15(24)9-18)11-4-6-23(7-5-11)17(25)12-2-3-13(16(20)21)14(19)8-12/h2-3,8,10-11,16H,4-7,9H2,1H3,(H,22,24). The molecule has 1 aromatic carbocycles. The van der Waals surface area contributed by atoms with Crippen molar-refractivity contribution in [2.24, 2.45) is 5.92 Å². The van der Waals surface area contributed by atoms with E-state index in [9.17, 15) is 22.8 Å². The van der Waals surface area contributed by atoms with Gasteiger partial charge in [-0.15, -0.1) is 11.6 Å². The Morgan fingerprint density at radius 1 is 1.32 bits per heavy atom. The molecule has 2 rings (SSSR count). The van der Waals surface area contributed by atoms with Crippen LogP contribution in [0.25, 0.3) is 0 Å². The Kier molecular flexibility index (Phi) is 6.70. The molecule has 0 radical (unpaired) electrons. The van der Waals surface area contributed by atoms with Gasteiger partial charge in [-0.05, 0) is 43.9 Å². The number of benzene rings is 1. The molecule has 0 aliphatic carbocycles. The molecule has 138 valence electrons. The normalized spacial score (nSPS) is 16.8. The first-order valence-corrected chi connectivity index (χ1v) is 8.59. The Bertz CT molecular complexity index is 634. The molecule has 1 fully saturated rings. The van der Waals surface area contributed by atoms with E-state index in [1.165, 1.54) is 6.07 Å². The number of nitrogens with zero attached hydrogens (tertiary/aromatic N) is 1. The average molecular weight is 377 g/mol. The largest absolute Gasteiger partial charge is 0.352 e. The van der Waals surface area contributed by atoms with Crippen LogP contribution < -0.4 is 5.32 Å². The summed E-state index contributed by atoms with van der Waals surface area (Å²) in [4.78, 5) is 25.3. The van der Waals surface area contributed by atoms with Gasteiger partial charge >= 0.3 is 0 Å². The van der Waals surface area contributed by atoms with E-state index in [1.807, 2.05) is 6.92 Å². The van der Waals surface area contributed by atoms with Gasteiger partial charge in [0.15, 0.2) is 0 Å². The van der Waals surface area contributed by atoms with Gasteiger partial charge in [0.2, 0.25) is 5.91 Å². The molecule has 1 aromatic rings. The van der Waals surface area contributed by atoms with E-state index in [0.29, 0.717) is 25.9 Å². The number of carbonyl (C=O) groups is 2. The van der Waals surface area contributed by atoms with Crippen molar-refractivity contribution in [3.63, 3.8) is 0 Å². The van der Waals surface area contributed by atoms with E-state index in [0.717, 1.165) is 12.1 Å². The van der Waals surface area contributed by atoms with Crippen molar-refractivity contribution in [1.29, 1.82) is 0 Å². The van der Waals surface area contributed by atoms with Crippen molar-refractivity contribution in [2.45, 2.75) is 32.2 Å². The molecule has 1 aliphatic heterocycles. The van der Waals surface area contributed by atoms with Crippen LogP contribution in [-0.2, 0) is 4.79 Å². The minimum absolute atomic E-state index is 0.0497. The lowest BCUT2D eigenvalue weighted by Gasteiger charge is -2.35. The molecule has 0 spiro atoms. The van der Waals surface area contributed by atoms with Gasteiger partial charge in [0.05, 0.1) is 5.56 Å². The zero-order chi connectivity index (χ0) is 18.6.